The number of nitrogens with one attached hydrogen (secondary N) is 1. The average molecular weight is 349 g/mol. The molecule has 134 valence electrons. The number of hydrogen-bond donors (Lipinski definition) is 1. The van der Waals surface area contributed by atoms with Crippen LogP contribution < -0.4 is 10.2 Å². The number of aromatic nitrogens is 3. The molecule has 6 nitrogen and oxygen atoms in total. The number of pyridine rings is 1. The third-order valence-electron chi connectivity index (χ3n) is 4.56. The lowest BCUT2D eigenvalue weighted by atomic mass is 10.2. The highest BCUT2D eigenvalue weighted by molar-refractivity contribution is 5.88. The highest BCUT2D eigenvalue weighted by Gasteiger charge is 2.22. The largest absolute Gasteiger partial charge is 0.372 e. The Bertz CT molecular complexity index is 868. The van der Waals surface area contributed by atoms with Gasteiger partial charge in [-0.3, -0.25) is 0 Å². The first-order valence-electron chi connectivity index (χ1n) is 8.98. The van der Waals surface area contributed by atoms with Gasteiger partial charge in [0.05, 0.1) is 17.7 Å². The van der Waals surface area contributed by atoms with E-state index >= 15 is 0 Å². The molecular weight excluding hydrogens is 326 g/mol. The Labute approximate surface area is 153 Å². The summed E-state index contributed by atoms with van der Waals surface area (Å²) >= 11 is 0. The summed E-state index contributed by atoms with van der Waals surface area (Å²) in [5.74, 6) is 1.85. The van der Waals surface area contributed by atoms with E-state index in [1.807, 2.05) is 30.5 Å². The van der Waals surface area contributed by atoms with Crippen molar-refractivity contribution in [1.29, 1.82) is 0 Å². The third kappa shape index (κ3) is 3.60. The predicted molar refractivity (Wildman–Crippen MR) is 103 cm³/mol. The summed E-state index contributed by atoms with van der Waals surface area (Å²) in [4.78, 5) is 15.6. The fourth-order valence-electron chi connectivity index (χ4n) is 3.40. The molecule has 0 radical (unpaired) electrons. The summed E-state index contributed by atoms with van der Waals surface area (Å²) in [7, 11) is 0. The number of morpholine rings is 1. The van der Waals surface area contributed by atoms with E-state index in [0.717, 1.165) is 41.2 Å². The lowest BCUT2D eigenvalue weighted by Gasteiger charge is -2.36. The molecule has 1 saturated heterocycles. The van der Waals surface area contributed by atoms with E-state index in [-0.39, 0.29) is 12.2 Å². The van der Waals surface area contributed by atoms with Gasteiger partial charge in [-0.1, -0.05) is 18.2 Å². The minimum atomic E-state index is 0.230. The predicted octanol–water partition coefficient (Wildman–Crippen LogP) is 3.25. The molecule has 2 aromatic heterocycles. The van der Waals surface area contributed by atoms with Crippen molar-refractivity contribution in [2.45, 2.75) is 32.6 Å². The topological polar surface area (TPSA) is 63.2 Å². The maximum Gasteiger partial charge on any atom is 0.137 e. The van der Waals surface area contributed by atoms with Crippen molar-refractivity contribution >= 4 is 22.5 Å². The Kier molecular flexibility index (Phi) is 4.67. The van der Waals surface area contributed by atoms with Gasteiger partial charge in [0.1, 0.15) is 18.0 Å². The van der Waals surface area contributed by atoms with Gasteiger partial charge in [0.15, 0.2) is 0 Å². The molecule has 2 atom stereocenters. The normalized spacial score (nSPS) is 20.3. The molecule has 0 amide bonds. The van der Waals surface area contributed by atoms with E-state index in [1.165, 1.54) is 0 Å². The van der Waals surface area contributed by atoms with Crippen LogP contribution in [0.1, 0.15) is 19.4 Å². The maximum absolute atomic E-state index is 5.79. The van der Waals surface area contributed by atoms with Crippen LogP contribution in [0.3, 0.4) is 0 Å². The molecule has 1 aliphatic rings. The summed E-state index contributed by atoms with van der Waals surface area (Å²) in [6.45, 7) is 6.63. The molecule has 0 bridgehead atoms. The van der Waals surface area contributed by atoms with Gasteiger partial charge in [0, 0.05) is 31.2 Å². The highest BCUT2D eigenvalue weighted by atomic mass is 16.5. The number of fused-ring (bicyclic) bond motifs is 1. The van der Waals surface area contributed by atoms with E-state index in [1.54, 1.807) is 6.33 Å². The zero-order valence-corrected chi connectivity index (χ0v) is 15.1. The molecule has 0 spiro atoms. The minimum absolute atomic E-state index is 0.230. The highest BCUT2D eigenvalue weighted by Crippen LogP contribution is 2.21. The van der Waals surface area contributed by atoms with Crippen LogP contribution in [0.15, 0.2) is 48.9 Å². The molecule has 2 unspecified atom stereocenters. The molecule has 3 aromatic rings. The average Bonchev–Trinajstić information content (AvgIpc) is 2.66. The van der Waals surface area contributed by atoms with Crippen LogP contribution in [0.5, 0.6) is 0 Å². The van der Waals surface area contributed by atoms with Gasteiger partial charge < -0.3 is 15.0 Å². The van der Waals surface area contributed by atoms with Crippen molar-refractivity contribution in [3.63, 3.8) is 0 Å². The van der Waals surface area contributed by atoms with Crippen molar-refractivity contribution in [1.82, 2.24) is 15.0 Å². The molecule has 1 aliphatic heterocycles. The number of ether oxygens (including phenoxy) is 1. The first-order chi connectivity index (χ1) is 12.7. The second kappa shape index (κ2) is 7.25. The van der Waals surface area contributed by atoms with Gasteiger partial charge in [-0.05, 0) is 37.6 Å². The van der Waals surface area contributed by atoms with Crippen LogP contribution in [0.2, 0.25) is 0 Å². The standard InChI is InChI=1S/C20H23N5O/c1-14-11-25(12-15(2)26-14)19-8-7-16(9-21-19)10-22-20-17-5-3-4-6-18(17)23-13-24-20/h3-9,13-15H,10-12H2,1-2H3,(H,22,23,24). The molecule has 0 aliphatic carbocycles. The van der Waals surface area contributed by atoms with Crippen LogP contribution in [0, 0.1) is 0 Å². The van der Waals surface area contributed by atoms with Crippen LogP contribution >= 0.6 is 0 Å². The monoisotopic (exact) mass is 349 g/mol. The van der Waals surface area contributed by atoms with Gasteiger partial charge >= 0.3 is 0 Å². The SMILES string of the molecule is CC1CN(c2ccc(CNc3ncnc4ccccc34)cn2)CC(C)O1. The Morgan fingerprint density at radius 1 is 1.04 bits per heavy atom. The molecular formula is C20H23N5O. The Morgan fingerprint density at radius 2 is 1.85 bits per heavy atom. The van der Waals surface area contributed by atoms with Crippen LogP contribution in [0.25, 0.3) is 10.9 Å². The van der Waals surface area contributed by atoms with Crippen molar-refractivity contribution in [2.75, 3.05) is 23.3 Å². The molecule has 1 fully saturated rings. The number of nitrogens with zero attached hydrogens (tertiary/aromatic N) is 4. The second-order valence-corrected chi connectivity index (χ2v) is 6.78. The number of rotatable bonds is 4. The number of anilines is 2. The lowest BCUT2D eigenvalue weighted by molar-refractivity contribution is -0.00545. The Morgan fingerprint density at radius 3 is 2.62 bits per heavy atom. The first kappa shape index (κ1) is 16.7. The molecule has 3 heterocycles. The van der Waals surface area contributed by atoms with E-state index in [4.69, 9.17) is 4.74 Å². The van der Waals surface area contributed by atoms with Gasteiger partial charge in [-0.2, -0.15) is 0 Å². The molecule has 1 aromatic carbocycles. The van der Waals surface area contributed by atoms with Crippen molar-refractivity contribution < 1.29 is 4.74 Å². The number of hydrogen-bond acceptors (Lipinski definition) is 6. The van der Waals surface area contributed by atoms with E-state index in [2.05, 4.69) is 51.1 Å². The van der Waals surface area contributed by atoms with Crippen LogP contribution in [0.4, 0.5) is 11.6 Å². The molecule has 26 heavy (non-hydrogen) atoms. The van der Waals surface area contributed by atoms with E-state index < -0.39 is 0 Å². The molecule has 1 N–H and O–H groups in total. The van der Waals surface area contributed by atoms with Gasteiger partial charge in [-0.25, -0.2) is 15.0 Å². The Balaban J connectivity index is 1.44. The zero-order chi connectivity index (χ0) is 17.9. The summed E-state index contributed by atoms with van der Waals surface area (Å²) in [6, 6.07) is 12.2. The second-order valence-electron chi connectivity index (χ2n) is 6.78. The van der Waals surface area contributed by atoms with E-state index in [9.17, 15) is 0 Å². The van der Waals surface area contributed by atoms with Crippen LogP contribution in [-0.2, 0) is 11.3 Å². The fourth-order valence-corrected chi connectivity index (χ4v) is 3.40. The smallest absolute Gasteiger partial charge is 0.137 e. The summed E-state index contributed by atoms with van der Waals surface area (Å²) in [6.07, 6.45) is 3.98. The van der Waals surface area contributed by atoms with Crippen molar-refractivity contribution in [3.8, 4) is 0 Å². The van der Waals surface area contributed by atoms with Crippen LogP contribution in [-0.4, -0.2) is 40.2 Å². The molecule has 6 heteroatoms. The molecule has 0 saturated carbocycles. The maximum atomic E-state index is 5.79. The third-order valence-corrected chi connectivity index (χ3v) is 4.56. The lowest BCUT2D eigenvalue weighted by Crippen LogP contribution is -2.45. The minimum Gasteiger partial charge on any atom is -0.372 e. The van der Waals surface area contributed by atoms with Crippen molar-refractivity contribution in [2.24, 2.45) is 0 Å². The summed E-state index contributed by atoms with van der Waals surface area (Å²) in [5.41, 5.74) is 2.06. The molecule has 4 rings (SSSR count). The van der Waals surface area contributed by atoms with Gasteiger partial charge in [0.2, 0.25) is 0 Å². The van der Waals surface area contributed by atoms with E-state index in [0.29, 0.717) is 6.54 Å². The fraction of sp³-hybridized carbons (Fsp3) is 0.350. The quantitative estimate of drug-likeness (QED) is 0.780. The summed E-state index contributed by atoms with van der Waals surface area (Å²) < 4.78 is 5.79. The van der Waals surface area contributed by atoms with Crippen molar-refractivity contribution in [3.05, 3.63) is 54.5 Å². The Hall–Kier alpha value is -2.73. The summed E-state index contributed by atoms with van der Waals surface area (Å²) in [5, 5.41) is 4.42. The van der Waals surface area contributed by atoms with Gasteiger partial charge in [0.25, 0.3) is 0 Å². The first-order valence-corrected chi connectivity index (χ1v) is 8.98. The number of para-hydroxylation sites is 1. The van der Waals surface area contributed by atoms with Gasteiger partial charge in [-0.15, -0.1) is 0 Å². The zero-order valence-electron chi connectivity index (χ0n) is 15.1. The number of benzene rings is 1.